The molecule has 0 bridgehead atoms. The maximum absolute atomic E-state index is 11.7. The molecule has 0 unspecified atom stereocenters. The first kappa shape index (κ1) is 11.7. The van der Waals surface area contributed by atoms with E-state index in [1.807, 2.05) is 24.3 Å². The van der Waals surface area contributed by atoms with Crippen LogP contribution < -0.4 is 5.32 Å². The van der Waals surface area contributed by atoms with Crippen molar-refractivity contribution in [1.29, 1.82) is 0 Å². The lowest BCUT2D eigenvalue weighted by molar-refractivity contribution is 0.176. The number of benzene rings is 1. The quantitative estimate of drug-likeness (QED) is 0.772. The molecule has 1 fully saturated rings. The van der Waals surface area contributed by atoms with Crippen LogP contribution in [0.25, 0.3) is 0 Å². The number of carbonyl (C=O) groups is 1. The van der Waals surface area contributed by atoms with Crippen molar-refractivity contribution >= 4 is 34.3 Å². The molecular formula is C11H13IN2O2. The number of hydrogen-bond donors (Lipinski definition) is 2. The number of carbonyl (C=O) groups excluding carboxylic acids is 1. The van der Waals surface area contributed by atoms with Crippen LogP contribution in [-0.4, -0.2) is 35.2 Å². The van der Waals surface area contributed by atoms with E-state index >= 15 is 0 Å². The molecule has 1 atom stereocenters. The number of aliphatic hydroxyl groups excluding tert-OH is 1. The summed E-state index contributed by atoms with van der Waals surface area (Å²) in [7, 11) is 0. The normalized spacial score (nSPS) is 19.9. The molecule has 0 aromatic heterocycles. The molecule has 16 heavy (non-hydrogen) atoms. The van der Waals surface area contributed by atoms with Gasteiger partial charge < -0.3 is 15.3 Å². The van der Waals surface area contributed by atoms with E-state index in [1.54, 1.807) is 4.90 Å². The van der Waals surface area contributed by atoms with E-state index in [9.17, 15) is 9.90 Å². The molecule has 86 valence electrons. The predicted molar refractivity (Wildman–Crippen MR) is 70.4 cm³/mol. The van der Waals surface area contributed by atoms with Crippen molar-refractivity contribution in [2.75, 3.05) is 18.4 Å². The van der Waals surface area contributed by atoms with Crippen LogP contribution in [0.3, 0.4) is 0 Å². The van der Waals surface area contributed by atoms with Crippen LogP contribution in [0.15, 0.2) is 24.3 Å². The van der Waals surface area contributed by atoms with Crippen molar-refractivity contribution in [1.82, 2.24) is 4.90 Å². The summed E-state index contributed by atoms with van der Waals surface area (Å²) in [5, 5.41) is 12.1. The van der Waals surface area contributed by atoms with Gasteiger partial charge in [-0.1, -0.05) is 0 Å². The van der Waals surface area contributed by atoms with Crippen molar-refractivity contribution in [3.8, 4) is 0 Å². The third kappa shape index (κ3) is 2.85. The van der Waals surface area contributed by atoms with Gasteiger partial charge in [-0.05, 0) is 53.3 Å². The lowest BCUT2D eigenvalue weighted by Crippen LogP contribution is -2.33. The van der Waals surface area contributed by atoms with Gasteiger partial charge in [-0.2, -0.15) is 0 Å². The van der Waals surface area contributed by atoms with Gasteiger partial charge in [0.25, 0.3) is 0 Å². The minimum absolute atomic E-state index is 0.141. The third-order valence-electron chi connectivity index (χ3n) is 2.55. The molecule has 0 saturated carbocycles. The Hall–Kier alpha value is -0.820. The topological polar surface area (TPSA) is 52.6 Å². The Kier molecular flexibility index (Phi) is 3.65. The Morgan fingerprint density at radius 3 is 2.69 bits per heavy atom. The second-order valence-electron chi connectivity index (χ2n) is 3.83. The number of nitrogens with zero attached hydrogens (tertiary/aromatic N) is 1. The molecule has 2 amide bonds. The molecule has 1 heterocycles. The van der Waals surface area contributed by atoms with Crippen molar-refractivity contribution in [3.05, 3.63) is 27.8 Å². The second-order valence-corrected chi connectivity index (χ2v) is 5.07. The van der Waals surface area contributed by atoms with Gasteiger partial charge in [0.1, 0.15) is 0 Å². The number of amides is 2. The molecule has 1 aliphatic rings. The summed E-state index contributed by atoms with van der Waals surface area (Å²) < 4.78 is 1.13. The number of β-amino-alcohol motifs (C(OH)–C–C–N with tert-alkyl or cyclic N) is 1. The number of likely N-dealkylation sites (tertiary alicyclic amines) is 1. The molecule has 1 aromatic rings. The molecule has 5 heteroatoms. The molecule has 4 nitrogen and oxygen atoms in total. The lowest BCUT2D eigenvalue weighted by atomic mass is 10.3. The first-order chi connectivity index (χ1) is 7.65. The average Bonchev–Trinajstić information content (AvgIpc) is 2.68. The molecule has 0 aliphatic carbocycles. The van der Waals surface area contributed by atoms with E-state index < -0.39 is 0 Å². The summed E-state index contributed by atoms with van der Waals surface area (Å²) in [4.78, 5) is 13.4. The zero-order chi connectivity index (χ0) is 11.5. The third-order valence-corrected chi connectivity index (χ3v) is 3.27. The minimum atomic E-state index is -0.373. The van der Waals surface area contributed by atoms with Gasteiger partial charge in [-0.15, -0.1) is 0 Å². The highest BCUT2D eigenvalue weighted by Gasteiger charge is 2.24. The van der Waals surface area contributed by atoms with Crippen LogP contribution in [0.1, 0.15) is 6.42 Å². The van der Waals surface area contributed by atoms with E-state index in [-0.39, 0.29) is 12.1 Å². The highest BCUT2D eigenvalue weighted by Crippen LogP contribution is 2.14. The second kappa shape index (κ2) is 5.01. The monoisotopic (exact) mass is 332 g/mol. The Bertz CT molecular complexity index is 380. The highest BCUT2D eigenvalue weighted by molar-refractivity contribution is 14.1. The minimum Gasteiger partial charge on any atom is -0.391 e. The van der Waals surface area contributed by atoms with Gasteiger partial charge in [0.15, 0.2) is 0 Å². The van der Waals surface area contributed by atoms with Gasteiger partial charge in [0, 0.05) is 22.3 Å². The van der Waals surface area contributed by atoms with Crippen LogP contribution in [0, 0.1) is 3.57 Å². The number of halogens is 1. The SMILES string of the molecule is O=C(Nc1ccc(I)cc1)N1CC[C@H](O)C1. The molecular weight excluding hydrogens is 319 g/mol. The zero-order valence-electron chi connectivity index (χ0n) is 8.69. The predicted octanol–water partition coefficient (Wildman–Crippen LogP) is 1.89. The fourth-order valence-electron chi connectivity index (χ4n) is 1.66. The van der Waals surface area contributed by atoms with Crippen LogP contribution in [0.2, 0.25) is 0 Å². The Labute approximate surface area is 108 Å². The molecule has 0 spiro atoms. The maximum atomic E-state index is 11.7. The van der Waals surface area contributed by atoms with Crippen LogP contribution in [0.5, 0.6) is 0 Å². The summed E-state index contributed by atoms with van der Waals surface area (Å²) in [6.45, 7) is 1.05. The molecule has 1 aliphatic heterocycles. The average molecular weight is 332 g/mol. The highest BCUT2D eigenvalue weighted by atomic mass is 127. The van der Waals surface area contributed by atoms with Gasteiger partial charge in [0.2, 0.25) is 0 Å². The summed E-state index contributed by atoms with van der Waals surface area (Å²) in [6.07, 6.45) is 0.294. The fraction of sp³-hybridized carbons (Fsp3) is 0.364. The van der Waals surface area contributed by atoms with Crippen LogP contribution in [-0.2, 0) is 0 Å². The van der Waals surface area contributed by atoms with Gasteiger partial charge in [0.05, 0.1) is 6.10 Å². The Morgan fingerprint density at radius 1 is 1.44 bits per heavy atom. The number of urea groups is 1. The largest absolute Gasteiger partial charge is 0.391 e. The summed E-state index contributed by atoms with van der Waals surface area (Å²) >= 11 is 2.21. The molecule has 2 N–H and O–H groups in total. The Balaban J connectivity index is 1.94. The number of nitrogens with one attached hydrogen (secondary N) is 1. The fourth-order valence-corrected chi connectivity index (χ4v) is 2.02. The summed E-state index contributed by atoms with van der Waals surface area (Å²) in [5.74, 6) is 0. The standard InChI is InChI=1S/C11H13IN2O2/c12-8-1-3-9(4-2-8)13-11(16)14-6-5-10(15)7-14/h1-4,10,15H,5-7H2,(H,13,16)/t10-/m0/s1. The van der Waals surface area contributed by atoms with E-state index in [0.29, 0.717) is 19.5 Å². The van der Waals surface area contributed by atoms with E-state index in [2.05, 4.69) is 27.9 Å². The molecule has 0 radical (unpaired) electrons. The summed E-state index contributed by atoms with van der Waals surface area (Å²) in [6, 6.07) is 7.47. The number of hydrogen-bond acceptors (Lipinski definition) is 2. The number of rotatable bonds is 1. The maximum Gasteiger partial charge on any atom is 0.321 e. The lowest BCUT2D eigenvalue weighted by Gasteiger charge is -2.16. The van der Waals surface area contributed by atoms with Crippen molar-refractivity contribution in [2.24, 2.45) is 0 Å². The Morgan fingerprint density at radius 2 is 2.12 bits per heavy atom. The summed E-state index contributed by atoms with van der Waals surface area (Å²) in [5.41, 5.74) is 0.784. The van der Waals surface area contributed by atoms with Gasteiger partial charge in [-0.3, -0.25) is 0 Å². The van der Waals surface area contributed by atoms with E-state index in [4.69, 9.17) is 0 Å². The number of anilines is 1. The number of aliphatic hydroxyl groups is 1. The van der Waals surface area contributed by atoms with Crippen LogP contribution in [0.4, 0.5) is 10.5 Å². The van der Waals surface area contributed by atoms with Crippen molar-refractivity contribution in [3.63, 3.8) is 0 Å². The molecule has 2 rings (SSSR count). The molecule has 1 aromatic carbocycles. The van der Waals surface area contributed by atoms with Gasteiger partial charge >= 0.3 is 6.03 Å². The van der Waals surface area contributed by atoms with Crippen molar-refractivity contribution in [2.45, 2.75) is 12.5 Å². The molecule has 1 saturated heterocycles. The van der Waals surface area contributed by atoms with Gasteiger partial charge in [-0.25, -0.2) is 4.79 Å². The van der Waals surface area contributed by atoms with E-state index in [1.165, 1.54) is 0 Å². The first-order valence-electron chi connectivity index (χ1n) is 5.15. The van der Waals surface area contributed by atoms with E-state index in [0.717, 1.165) is 9.26 Å². The first-order valence-corrected chi connectivity index (χ1v) is 6.22. The zero-order valence-corrected chi connectivity index (χ0v) is 10.8. The van der Waals surface area contributed by atoms with Crippen molar-refractivity contribution < 1.29 is 9.90 Å². The van der Waals surface area contributed by atoms with Crippen LogP contribution >= 0.6 is 22.6 Å². The smallest absolute Gasteiger partial charge is 0.321 e.